The highest BCUT2D eigenvalue weighted by molar-refractivity contribution is 14.1. The van der Waals surface area contributed by atoms with Crippen molar-refractivity contribution in [3.63, 3.8) is 0 Å². The summed E-state index contributed by atoms with van der Waals surface area (Å²) in [6.07, 6.45) is 5.15. The van der Waals surface area contributed by atoms with Crippen molar-refractivity contribution >= 4 is 34.0 Å². The molecular formula is C14H20FIN2. The van der Waals surface area contributed by atoms with Crippen molar-refractivity contribution in [3.05, 3.63) is 21.5 Å². The van der Waals surface area contributed by atoms with Crippen LogP contribution in [0.4, 0.5) is 15.8 Å². The molecule has 3 N–H and O–H groups in total. The summed E-state index contributed by atoms with van der Waals surface area (Å²) in [4.78, 5) is 0. The maximum absolute atomic E-state index is 13.5. The molecule has 1 saturated carbocycles. The number of nitrogen functional groups attached to an aromatic ring is 1. The van der Waals surface area contributed by atoms with Crippen LogP contribution in [0, 0.1) is 21.2 Å². The topological polar surface area (TPSA) is 38.0 Å². The molecule has 2 rings (SSSR count). The molecule has 4 heteroatoms. The van der Waals surface area contributed by atoms with Crippen molar-refractivity contribution in [2.24, 2.45) is 11.8 Å². The molecule has 1 aromatic rings. The van der Waals surface area contributed by atoms with Crippen molar-refractivity contribution in [1.82, 2.24) is 0 Å². The van der Waals surface area contributed by atoms with Crippen LogP contribution in [0.2, 0.25) is 0 Å². The SMILES string of the molecule is CC1CCC(CNc2cc(F)c(I)cc2N)CC1. The Morgan fingerprint density at radius 1 is 1.33 bits per heavy atom. The fourth-order valence-electron chi connectivity index (χ4n) is 2.50. The summed E-state index contributed by atoms with van der Waals surface area (Å²) in [5.41, 5.74) is 7.25. The summed E-state index contributed by atoms with van der Waals surface area (Å²) in [5.74, 6) is 1.36. The van der Waals surface area contributed by atoms with E-state index in [1.54, 1.807) is 6.07 Å². The fraction of sp³-hybridized carbons (Fsp3) is 0.571. The highest BCUT2D eigenvalue weighted by atomic mass is 127. The van der Waals surface area contributed by atoms with Crippen LogP contribution in [-0.2, 0) is 0 Å². The summed E-state index contributed by atoms with van der Waals surface area (Å²) < 4.78 is 14.0. The molecule has 0 unspecified atom stereocenters. The van der Waals surface area contributed by atoms with Gasteiger partial charge in [-0.3, -0.25) is 0 Å². The highest BCUT2D eigenvalue weighted by Crippen LogP contribution is 2.29. The number of nitrogens with two attached hydrogens (primary N) is 1. The quantitative estimate of drug-likeness (QED) is 0.623. The lowest BCUT2D eigenvalue weighted by molar-refractivity contribution is 0.300. The minimum Gasteiger partial charge on any atom is -0.397 e. The third kappa shape index (κ3) is 3.49. The van der Waals surface area contributed by atoms with E-state index in [1.165, 1.54) is 31.7 Å². The molecule has 100 valence electrons. The Hall–Kier alpha value is -0.520. The van der Waals surface area contributed by atoms with Gasteiger partial charge in [0.2, 0.25) is 0 Å². The zero-order valence-corrected chi connectivity index (χ0v) is 12.8. The van der Waals surface area contributed by atoms with Crippen LogP contribution in [-0.4, -0.2) is 6.54 Å². The second-order valence-electron chi connectivity index (χ2n) is 5.36. The van der Waals surface area contributed by atoms with Crippen LogP contribution >= 0.6 is 22.6 Å². The molecule has 1 aromatic carbocycles. The number of hydrogen-bond donors (Lipinski definition) is 2. The molecule has 1 aliphatic carbocycles. The highest BCUT2D eigenvalue weighted by Gasteiger charge is 2.18. The monoisotopic (exact) mass is 362 g/mol. The number of halogens is 2. The second-order valence-corrected chi connectivity index (χ2v) is 6.52. The van der Waals surface area contributed by atoms with Gasteiger partial charge in [0.25, 0.3) is 0 Å². The Kier molecular flexibility index (Phi) is 4.70. The van der Waals surface area contributed by atoms with Gasteiger partial charge in [-0.15, -0.1) is 0 Å². The summed E-state index contributed by atoms with van der Waals surface area (Å²) in [6.45, 7) is 3.22. The van der Waals surface area contributed by atoms with E-state index in [0.717, 1.165) is 18.2 Å². The van der Waals surface area contributed by atoms with Crippen LogP contribution < -0.4 is 11.1 Å². The van der Waals surface area contributed by atoms with Gasteiger partial charge in [0.05, 0.1) is 14.9 Å². The van der Waals surface area contributed by atoms with Gasteiger partial charge in [-0.1, -0.05) is 19.8 Å². The maximum Gasteiger partial charge on any atom is 0.138 e. The summed E-state index contributed by atoms with van der Waals surface area (Å²) in [6, 6.07) is 3.18. The summed E-state index contributed by atoms with van der Waals surface area (Å²) in [5, 5.41) is 3.30. The van der Waals surface area contributed by atoms with Gasteiger partial charge in [0, 0.05) is 12.6 Å². The van der Waals surface area contributed by atoms with Crippen LogP contribution in [0.25, 0.3) is 0 Å². The van der Waals surface area contributed by atoms with Gasteiger partial charge in [-0.05, 0) is 53.3 Å². The van der Waals surface area contributed by atoms with Gasteiger partial charge in [0.15, 0.2) is 0 Å². The molecule has 18 heavy (non-hydrogen) atoms. The van der Waals surface area contributed by atoms with E-state index in [9.17, 15) is 4.39 Å². The van der Waals surface area contributed by atoms with Crippen LogP contribution in [0.3, 0.4) is 0 Å². The van der Waals surface area contributed by atoms with E-state index in [2.05, 4.69) is 12.2 Å². The van der Waals surface area contributed by atoms with Crippen molar-refractivity contribution in [3.8, 4) is 0 Å². The minimum atomic E-state index is -0.204. The normalized spacial score (nSPS) is 23.9. The molecule has 0 spiro atoms. The van der Waals surface area contributed by atoms with Gasteiger partial charge < -0.3 is 11.1 Å². The Morgan fingerprint density at radius 3 is 2.67 bits per heavy atom. The first-order valence-corrected chi connectivity index (χ1v) is 7.62. The first-order valence-electron chi connectivity index (χ1n) is 6.54. The number of rotatable bonds is 3. The van der Waals surface area contributed by atoms with E-state index in [-0.39, 0.29) is 5.82 Å². The minimum absolute atomic E-state index is 0.204. The molecule has 0 aromatic heterocycles. The predicted octanol–water partition coefficient (Wildman–Crippen LogP) is 4.25. The number of nitrogens with one attached hydrogen (secondary N) is 1. The lowest BCUT2D eigenvalue weighted by Crippen LogP contribution is -2.20. The Bertz CT molecular complexity index is 415. The zero-order chi connectivity index (χ0) is 13.1. The fourth-order valence-corrected chi connectivity index (χ4v) is 2.99. The van der Waals surface area contributed by atoms with Gasteiger partial charge >= 0.3 is 0 Å². The third-order valence-electron chi connectivity index (χ3n) is 3.81. The van der Waals surface area contributed by atoms with E-state index in [1.807, 2.05) is 22.6 Å². The molecule has 0 bridgehead atoms. The Labute approximate surface area is 122 Å². The molecule has 0 aliphatic heterocycles. The van der Waals surface area contributed by atoms with E-state index in [0.29, 0.717) is 15.2 Å². The second kappa shape index (κ2) is 6.08. The molecule has 0 atom stereocenters. The first kappa shape index (κ1) is 13.9. The predicted molar refractivity (Wildman–Crippen MR) is 83.1 cm³/mol. The molecule has 0 radical (unpaired) electrons. The van der Waals surface area contributed by atoms with Crippen LogP contribution in [0.5, 0.6) is 0 Å². The lowest BCUT2D eigenvalue weighted by Gasteiger charge is -2.26. The molecule has 0 amide bonds. The van der Waals surface area contributed by atoms with Crippen LogP contribution in [0.1, 0.15) is 32.6 Å². The first-order chi connectivity index (χ1) is 8.56. The zero-order valence-electron chi connectivity index (χ0n) is 10.7. The molecule has 0 saturated heterocycles. The number of hydrogen-bond acceptors (Lipinski definition) is 2. The summed E-state index contributed by atoms with van der Waals surface area (Å²) in [7, 11) is 0. The van der Waals surface area contributed by atoms with Crippen molar-refractivity contribution < 1.29 is 4.39 Å². The average Bonchev–Trinajstić information content (AvgIpc) is 2.34. The summed E-state index contributed by atoms with van der Waals surface area (Å²) >= 11 is 1.96. The Balaban J connectivity index is 1.92. The van der Waals surface area contributed by atoms with Crippen molar-refractivity contribution in [2.75, 3.05) is 17.6 Å². The van der Waals surface area contributed by atoms with E-state index < -0.39 is 0 Å². The van der Waals surface area contributed by atoms with E-state index >= 15 is 0 Å². The van der Waals surface area contributed by atoms with E-state index in [4.69, 9.17) is 5.73 Å². The smallest absolute Gasteiger partial charge is 0.138 e. The molecule has 2 nitrogen and oxygen atoms in total. The number of benzene rings is 1. The average molecular weight is 362 g/mol. The molecular weight excluding hydrogens is 342 g/mol. The lowest BCUT2D eigenvalue weighted by atomic mass is 9.83. The maximum atomic E-state index is 13.5. The van der Waals surface area contributed by atoms with Gasteiger partial charge in [-0.2, -0.15) is 0 Å². The van der Waals surface area contributed by atoms with Crippen molar-refractivity contribution in [1.29, 1.82) is 0 Å². The molecule has 1 fully saturated rings. The third-order valence-corrected chi connectivity index (χ3v) is 4.64. The Morgan fingerprint density at radius 2 is 2.00 bits per heavy atom. The molecule has 1 aliphatic rings. The number of anilines is 2. The van der Waals surface area contributed by atoms with Crippen molar-refractivity contribution in [2.45, 2.75) is 32.6 Å². The largest absolute Gasteiger partial charge is 0.397 e. The molecule has 0 heterocycles. The standard InChI is InChI=1S/C14H20FIN2/c1-9-2-4-10(5-3-9)8-18-14-6-11(15)12(16)7-13(14)17/h6-7,9-10,18H,2-5,8,17H2,1H3. The van der Waals surface area contributed by atoms with Gasteiger partial charge in [-0.25, -0.2) is 4.39 Å². The van der Waals surface area contributed by atoms with Gasteiger partial charge in [0.1, 0.15) is 5.82 Å². The van der Waals surface area contributed by atoms with Crippen LogP contribution in [0.15, 0.2) is 12.1 Å².